The molecular weight excluding hydrogens is 486 g/mol. The normalized spacial score (nSPS) is 11.2. The lowest BCUT2D eigenvalue weighted by Gasteiger charge is -2.17. The van der Waals surface area contributed by atoms with Crippen LogP contribution < -0.4 is 23.5 Å². The second-order valence-electron chi connectivity index (χ2n) is 9.53. The van der Waals surface area contributed by atoms with Gasteiger partial charge in [0.2, 0.25) is 5.52 Å². The number of benzene rings is 5. The molecule has 5 nitrogen and oxygen atoms in total. The zero-order valence-corrected chi connectivity index (χ0v) is 22.7. The molecule has 0 aliphatic rings. The number of hydrogen-bond donors (Lipinski definition) is 0. The molecule has 39 heavy (non-hydrogen) atoms. The predicted molar refractivity (Wildman–Crippen MR) is 157 cm³/mol. The number of hydrogen-bond acceptors (Lipinski definition) is 4. The van der Waals surface area contributed by atoms with Gasteiger partial charge in [0.05, 0.1) is 44.6 Å². The quantitative estimate of drug-likeness (QED) is 0.172. The Balaban J connectivity index is 1.64. The van der Waals surface area contributed by atoms with Gasteiger partial charge >= 0.3 is 0 Å². The topological polar surface area (TPSA) is 40.8 Å². The fourth-order valence-electron chi connectivity index (χ4n) is 5.59. The van der Waals surface area contributed by atoms with Crippen molar-refractivity contribution in [2.75, 3.05) is 28.4 Å². The summed E-state index contributed by atoms with van der Waals surface area (Å²) >= 11 is 0. The maximum absolute atomic E-state index is 5.99. The lowest BCUT2D eigenvalue weighted by Crippen LogP contribution is -2.28. The number of aromatic nitrogens is 1. The van der Waals surface area contributed by atoms with Gasteiger partial charge < -0.3 is 18.9 Å². The molecule has 0 aliphatic heterocycles. The standard InChI is InChI=1S/C34H30NO4/c1-35-20-29-28(25-16-15-24-17-30(36-2)31(37-3)19-26(24)32(25)35)18-27(33(38-4)34(29)39-5)23-13-11-22(12-14-23)21-9-7-6-8-10-21/h6-20H,1-5H3/q+1. The van der Waals surface area contributed by atoms with Gasteiger partial charge in [0, 0.05) is 10.9 Å². The van der Waals surface area contributed by atoms with E-state index in [0.29, 0.717) is 23.0 Å². The van der Waals surface area contributed by atoms with Gasteiger partial charge in [-0.1, -0.05) is 60.7 Å². The largest absolute Gasteiger partial charge is 0.493 e. The fraction of sp³-hybridized carbons (Fsp3) is 0.147. The highest BCUT2D eigenvalue weighted by Gasteiger charge is 2.23. The third-order valence-electron chi connectivity index (χ3n) is 7.45. The summed E-state index contributed by atoms with van der Waals surface area (Å²) in [6.45, 7) is 0. The lowest BCUT2D eigenvalue weighted by molar-refractivity contribution is -0.642. The zero-order valence-electron chi connectivity index (χ0n) is 22.7. The molecule has 0 atom stereocenters. The van der Waals surface area contributed by atoms with E-state index in [4.69, 9.17) is 18.9 Å². The van der Waals surface area contributed by atoms with Crippen molar-refractivity contribution in [2.24, 2.45) is 7.05 Å². The van der Waals surface area contributed by atoms with E-state index in [2.05, 4.69) is 84.5 Å². The maximum atomic E-state index is 5.99. The monoisotopic (exact) mass is 516 g/mol. The zero-order chi connectivity index (χ0) is 27.1. The molecule has 1 heterocycles. The number of aryl methyl sites for hydroxylation is 1. The molecule has 194 valence electrons. The van der Waals surface area contributed by atoms with Gasteiger partial charge in [-0.3, -0.25) is 0 Å². The van der Waals surface area contributed by atoms with Crippen molar-refractivity contribution in [1.82, 2.24) is 0 Å². The highest BCUT2D eigenvalue weighted by molar-refractivity contribution is 6.16. The summed E-state index contributed by atoms with van der Waals surface area (Å²) in [6, 6.07) is 29.5. The Morgan fingerprint density at radius 1 is 0.513 bits per heavy atom. The Hall–Kier alpha value is -4.77. The molecule has 0 unspecified atom stereocenters. The van der Waals surface area contributed by atoms with Crippen LogP contribution in [0.5, 0.6) is 23.0 Å². The van der Waals surface area contributed by atoms with Gasteiger partial charge in [0.25, 0.3) is 0 Å². The third kappa shape index (κ3) is 3.98. The number of methoxy groups -OCH3 is 4. The third-order valence-corrected chi connectivity index (χ3v) is 7.45. The van der Waals surface area contributed by atoms with E-state index in [1.54, 1.807) is 28.4 Å². The van der Waals surface area contributed by atoms with Crippen LogP contribution in [0.15, 0.2) is 91.1 Å². The predicted octanol–water partition coefficient (Wildman–Crippen LogP) is 7.34. The molecule has 0 radical (unpaired) electrons. The molecule has 0 bridgehead atoms. The van der Waals surface area contributed by atoms with Crippen LogP contribution in [0.2, 0.25) is 0 Å². The van der Waals surface area contributed by atoms with E-state index in [1.165, 1.54) is 11.1 Å². The van der Waals surface area contributed by atoms with Crippen molar-refractivity contribution in [2.45, 2.75) is 0 Å². The van der Waals surface area contributed by atoms with Crippen molar-refractivity contribution in [3.8, 4) is 45.3 Å². The molecule has 0 N–H and O–H groups in total. The summed E-state index contributed by atoms with van der Waals surface area (Å²) in [5.41, 5.74) is 5.48. The number of ether oxygens (including phenoxy) is 4. The minimum atomic E-state index is 0.698. The van der Waals surface area contributed by atoms with Crippen LogP contribution in [0.25, 0.3) is 54.7 Å². The average molecular weight is 517 g/mol. The van der Waals surface area contributed by atoms with Crippen LogP contribution in [-0.4, -0.2) is 28.4 Å². The minimum Gasteiger partial charge on any atom is -0.493 e. The Morgan fingerprint density at radius 2 is 1.15 bits per heavy atom. The van der Waals surface area contributed by atoms with E-state index >= 15 is 0 Å². The molecule has 0 amide bonds. The number of rotatable bonds is 6. The lowest BCUT2D eigenvalue weighted by atomic mass is 9.94. The molecule has 5 aromatic carbocycles. The maximum Gasteiger partial charge on any atom is 0.220 e. The number of pyridine rings is 1. The first kappa shape index (κ1) is 24.6. The molecule has 0 saturated carbocycles. The Labute approximate surface area is 227 Å². The van der Waals surface area contributed by atoms with Gasteiger partial charge in [-0.25, -0.2) is 0 Å². The summed E-state index contributed by atoms with van der Waals surface area (Å²) in [7, 11) is 8.77. The van der Waals surface area contributed by atoms with E-state index in [-0.39, 0.29) is 0 Å². The molecule has 0 aliphatic carbocycles. The van der Waals surface area contributed by atoms with Gasteiger partial charge in [0.15, 0.2) is 29.2 Å². The van der Waals surface area contributed by atoms with Crippen LogP contribution >= 0.6 is 0 Å². The van der Waals surface area contributed by atoms with E-state index in [1.807, 2.05) is 18.2 Å². The van der Waals surface area contributed by atoms with Crippen LogP contribution in [0.1, 0.15) is 0 Å². The summed E-state index contributed by atoms with van der Waals surface area (Å²) in [6.07, 6.45) is 2.11. The minimum absolute atomic E-state index is 0.698. The Morgan fingerprint density at radius 3 is 1.82 bits per heavy atom. The van der Waals surface area contributed by atoms with E-state index in [0.717, 1.165) is 43.6 Å². The number of nitrogens with zero attached hydrogens (tertiary/aromatic N) is 1. The van der Waals surface area contributed by atoms with Crippen molar-refractivity contribution in [3.63, 3.8) is 0 Å². The molecular formula is C34H30NO4+. The van der Waals surface area contributed by atoms with E-state index < -0.39 is 0 Å². The van der Waals surface area contributed by atoms with Crippen molar-refractivity contribution in [3.05, 3.63) is 91.1 Å². The molecule has 6 aromatic rings. The first-order chi connectivity index (χ1) is 19.1. The van der Waals surface area contributed by atoms with Crippen molar-refractivity contribution in [1.29, 1.82) is 0 Å². The smallest absolute Gasteiger partial charge is 0.220 e. The SMILES string of the molecule is COc1cc2ccc3c4cc(-c5ccc(-c6ccccc6)cc5)c(OC)c(OC)c4c[n+](C)c3c2cc1OC. The summed E-state index contributed by atoms with van der Waals surface area (Å²) < 4.78 is 25.3. The second kappa shape index (κ2) is 9.84. The molecule has 0 fully saturated rings. The molecule has 1 aromatic heterocycles. The molecule has 0 saturated heterocycles. The van der Waals surface area contributed by atoms with Crippen LogP contribution in [0.4, 0.5) is 0 Å². The van der Waals surface area contributed by atoms with Crippen molar-refractivity contribution < 1.29 is 23.5 Å². The summed E-state index contributed by atoms with van der Waals surface area (Å²) in [5.74, 6) is 2.83. The van der Waals surface area contributed by atoms with Gasteiger partial charge in [-0.05, 0) is 46.3 Å². The Bertz CT molecular complexity index is 1840. The second-order valence-corrected chi connectivity index (χ2v) is 9.53. The molecule has 0 spiro atoms. The molecule has 5 heteroatoms. The average Bonchev–Trinajstić information content (AvgIpc) is 2.99. The molecule has 6 rings (SSSR count). The van der Waals surface area contributed by atoms with Crippen LogP contribution in [0, 0.1) is 0 Å². The number of fused-ring (bicyclic) bond motifs is 5. The van der Waals surface area contributed by atoms with Crippen molar-refractivity contribution >= 4 is 32.4 Å². The Kier molecular flexibility index (Phi) is 6.20. The fourth-order valence-corrected chi connectivity index (χ4v) is 5.59. The first-order valence-corrected chi connectivity index (χ1v) is 12.8. The summed E-state index contributed by atoms with van der Waals surface area (Å²) in [5, 5.41) is 5.33. The highest BCUT2D eigenvalue weighted by atomic mass is 16.5. The van der Waals surface area contributed by atoms with Crippen LogP contribution in [-0.2, 0) is 7.05 Å². The highest BCUT2D eigenvalue weighted by Crippen LogP contribution is 2.46. The van der Waals surface area contributed by atoms with Gasteiger partial charge in [-0.15, -0.1) is 0 Å². The van der Waals surface area contributed by atoms with E-state index in [9.17, 15) is 0 Å². The summed E-state index contributed by atoms with van der Waals surface area (Å²) in [4.78, 5) is 0. The van der Waals surface area contributed by atoms with Gasteiger partial charge in [-0.2, -0.15) is 4.57 Å². The van der Waals surface area contributed by atoms with Gasteiger partial charge in [0.1, 0.15) is 7.05 Å². The van der Waals surface area contributed by atoms with Crippen LogP contribution in [0.3, 0.4) is 0 Å². The first-order valence-electron chi connectivity index (χ1n) is 12.8.